The molecule has 2 aromatic rings. The number of benzene rings is 2. The summed E-state index contributed by atoms with van der Waals surface area (Å²) in [5, 5.41) is 17.7. The number of halogens is 2. The third kappa shape index (κ3) is 2.88. The highest BCUT2D eigenvalue weighted by molar-refractivity contribution is 6.17. The lowest BCUT2D eigenvalue weighted by atomic mass is 10.1. The summed E-state index contributed by atoms with van der Waals surface area (Å²) < 4.78 is 18.9. The fraction of sp³-hybridized carbons (Fsp3) is 0.0667. The van der Waals surface area contributed by atoms with Gasteiger partial charge in [0.25, 0.3) is 0 Å². The van der Waals surface area contributed by atoms with Crippen LogP contribution in [0.5, 0.6) is 11.5 Å². The molecule has 0 radical (unpaired) electrons. The van der Waals surface area contributed by atoms with Gasteiger partial charge in [-0.15, -0.1) is 11.6 Å². The number of hydrogen-bond donors (Lipinski definition) is 0. The first kappa shape index (κ1) is 13.9. The average molecular weight is 287 g/mol. The summed E-state index contributed by atoms with van der Waals surface area (Å²) in [6, 6.07) is 12.6. The maximum Gasteiger partial charge on any atom is 0.145 e. The van der Waals surface area contributed by atoms with Crippen LogP contribution in [0.1, 0.15) is 16.7 Å². The van der Waals surface area contributed by atoms with Crippen LogP contribution in [0.25, 0.3) is 0 Å². The molecule has 0 fully saturated rings. The fourth-order valence-corrected chi connectivity index (χ4v) is 1.78. The molecule has 98 valence electrons. The van der Waals surface area contributed by atoms with Gasteiger partial charge in [0.15, 0.2) is 0 Å². The van der Waals surface area contributed by atoms with E-state index >= 15 is 0 Å². The molecule has 0 bridgehead atoms. The Morgan fingerprint density at radius 3 is 2.40 bits per heavy atom. The molecule has 20 heavy (non-hydrogen) atoms. The molecule has 0 unspecified atom stereocenters. The van der Waals surface area contributed by atoms with E-state index in [2.05, 4.69) is 0 Å². The molecule has 0 aliphatic rings. The van der Waals surface area contributed by atoms with Crippen LogP contribution in [-0.4, -0.2) is 0 Å². The number of hydrogen-bond acceptors (Lipinski definition) is 3. The maximum atomic E-state index is 13.5. The van der Waals surface area contributed by atoms with Gasteiger partial charge in [0.05, 0.1) is 11.1 Å². The second kappa shape index (κ2) is 6.06. The van der Waals surface area contributed by atoms with E-state index in [1.165, 1.54) is 12.1 Å². The normalized spacial score (nSPS) is 9.60. The summed E-state index contributed by atoms with van der Waals surface area (Å²) in [6.07, 6.45) is 0. The highest BCUT2D eigenvalue weighted by Gasteiger charge is 2.08. The van der Waals surface area contributed by atoms with Gasteiger partial charge in [-0.1, -0.05) is 6.07 Å². The maximum absolute atomic E-state index is 13.5. The van der Waals surface area contributed by atoms with Gasteiger partial charge in [-0.3, -0.25) is 0 Å². The fourth-order valence-electron chi connectivity index (χ4n) is 1.61. The van der Waals surface area contributed by atoms with Gasteiger partial charge in [0, 0.05) is 11.9 Å². The zero-order valence-electron chi connectivity index (χ0n) is 10.2. The summed E-state index contributed by atoms with van der Waals surface area (Å²) in [7, 11) is 0. The standard InChI is InChI=1S/C15H8ClFN2O/c16-7-10-1-4-15(12(5-10)9-19)20-13-3-2-11(8-18)14(17)6-13/h1-6H,7H2. The molecule has 2 aromatic carbocycles. The first-order valence-electron chi connectivity index (χ1n) is 5.64. The van der Waals surface area contributed by atoms with E-state index in [0.717, 1.165) is 11.6 Å². The average Bonchev–Trinajstić information content (AvgIpc) is 2.48. The van der Waals surface area contributed by atoms with Crippen molar-refractivity contribution in [2.45, 2.75) is 5.88 Å². The molecular formula is C15H8ClFN2O. The smallest absolute Gasteiger partial charge is 0.145 e. The Bertz CT molecular complexity index is 732. The molecule has 0 N–H and O–H groups in total. The number of alkyl halides is 1. The summed E-state index contributed by atoms with van der Waals surface area (Å²) in [6.45, 7) is 0. The third-order valence-corrected chi connectivity index (χ3v) is 2.92. The number of rotatable bonds is 3. The van der Waals surface area contributed by atoms with E-state index < -0.39 is 5.82 Å². The van der Waals surface area contributed by atoms with Gasteiger partial charge in [0.2, 0.25) is 0 Å². The number of nitriles is 2. The van der Waals surface area contributed by atoms with E-state index in [9.17, 15) is 4.39 Å². The van der Waals surface area contributed by atoms with Crippen molar-refractivity contribution in [1.29, 1.82) is 10.5 Å². The van der Waals surface area contributed by atoms with E-state index in [4.69, 9.17) is 26.9 Å². The van der Waals surface area contributed by atoms with Crippen LogP contribution in [0.15, 0.2) is 36.4 Å². The highest BCUT2D eigenvalue weighted by Crippen LogP contribution is 2.27. The van der Waals surface area contributed by atoms with Crippen molar-refractivity contribution in [2.24, 2.45) is 0 Å². The molecule has 0 aromatic heterocycles. The number of nitrogens with zero attached hydrogens (tertiary/aromatic N) is 2. The topological polar surface area (TPSA) is 56.8 Å². The molecule has 0 aliphatic carbocycles. The van der Waals surface area contributed by atoms with E-state index in [1.54, 1.807) is 24.3 Å². The van der Waals surface area contributed by atoms with Crippen molar-refractivity contribution in [3.8, 4) is 23.6 Å². The zero-order chi connectivity index (χ0) is 14.5. The predicted molar refractivity (Wildman–Crippen MR) is 71.9 cm³/mol. The Hall–Kier alpha value is -2.56. The van der Waals surface area contributed by atoms with Crippen LogP contribution < -0.4 is 4.74 Å². The van der Waals surface area contributed by atoms with Gasteiger partial charge in [0.1, 0.15) is 29.5 Å². The van der Waals surface area contributed by atoms with Crippen molar-refractivity contribution >= 4 is 11.6 Å². The molecule has 0 saturated carbocycles. The summed E-state index contributed by atoms with van der Waals surface area (Å²) in [4.78, 5) is 0. The molecular weight excluding hydrogens is 279 g/mol. The third-order valence-electron chi connectivity index (χ3n) is 2.61. The molecule has 0 aliphatic heterocycles. The number of ether oxygens (including phenoxy) is 1. The monoisotopic (exact) mass is 286 g/mol. The molecule has 0 spiro atoms. The second-order valence-electron chi connectivity index (χ2n) is 3.93. The first-order valence-corrected chi connectivity index (χ1v) is 6.18. The first-order chi connectivity index (χ1) is 9.67. The van der Waals surface area contributed by atoms with Crippen molar-refractivity contribution < 1.29 is 9.13 Å². The van der Waals surface area contributed by atoms with Gasteiger partial charge in [-0.05, 0) is 29.8 Å². The lowest BCUT2D eigenvalue weighted by Gasteiger charge is -2.08. The predicted octanol–water partition coefficient (Wildman–Crippen LogP) is 4.10. The van der Waals surface area contributed by atoms with Crippen LogP contribution in [0.3, 0.4) is 0 Å². The quantitative estimate of drug-likeness (QED) is 0.798. The van der Waals surface area contributed by atoms with E-state index in [0.29, 0.717) is 17.2 Å². The van der Waals surface area contributed by atoms with Gasteiger partial charge >= 0.3 is 0 Å². The summed E-state index contributed by atoms with van der Waals surface area (Å²) in [5.41, 5.74) is 1.05. The van der Waals surface area contributed by atoms with Crippen molar-refractivity contribution in [2.75, 3.05) is 0 Å². The minimum atomic E-state index is -0.666. The SMILES string of the molecule is N#Cc1ccc(Oc2ccc(CCl)cc2C#N)cc1F. The zero-order valence-corrected chi connectivity index (χ0v) is 11.0. The van der Waals surface area contributed by atoms with Crippen LogP contribution in [0.4, 0.5) is 4.39 Å². The van der Waals surface area contributed by atoms with Gasteiger partial charge in [-0.2, -0.15) is 10.5 Å². The Morgan fingerprint density at radius 2 is 1.80 bits per heavy atom. The Kier molecular flexibility index (Phi) is 4.20. The van der Waals surface area contributed by atoms with Gasteiger partial charge < -0.3 is 4.74 Å². The lowest BCUT2D eigenvalue weighted by Crippen LogP contribution is -1.92. The molecule has 0 saturated heterocycles. The summed E-state index contributed by atoms with van der Waals surface area (Å²) >= 11 is 5.69. The largest absolute Gasteiger partial charge is 0.456 e. The van der Waals surface area contributed by atoms with E-state index in [1.807, 2.05) is 6.07 Å². The minimum Gasteiger partial charge on any atom is -0.456 e. The second-order valence-corrected chi connectivity index (χ2v) is 4.20. The molecule has 5 heteroatoms. The molecule has 3 nitrogen and oxygen atoms in total. The highest BCUT2D eigenvalue weighted by atomic mass is 35.5. The van der Waals surface area contributed by atoms with Crippen LogP contribution in [0, 0.1) is 28.5 Å². The van der Waals surface area contributed by atoms with Gasteiger partial charge in [-0.25, -0.2) is 4.39 Å². The van der Waals surface area contributed by atoms with Crippen molar-refractivity contribution in [1.82, 2.24) is 0 Å². The molecule has 2 rings (SSSR count). The Morgan fingerprint density at radius 1 is 1.05 bits per heavy atom. The van der Waals surface area contributed by atoms with E-state index in [-0.39, 0.29) is 11.3 Å². The Balaban J connectivity index is 2.33. The molecule has 0 atom stereocenters. The van der Waals surface area contributed by atoms with Crippen molar-refractivity contribution in [3.63, 3.8) is 0 Å². The van der Waals surface area contributed by atoms with Crippen molar-refractivity contribution in [3.05, 3.63) is 58.9 Å². The van der Waals surface area contributed by atoms with Crippen LogP contribution in [0.2, 0.25) is 0 Å². The summed E-state index contributed by atoms with van der Waals surface area (Å²) in [5.74, 6) is 0.156. The lowest BCUT2D eigenvalue weighted by molar-refractivity contribution is 0.475. The Labute approximate surface area is 120 Å². The minimum absolute atomic E-state index is 0.0599. The van der Waals surface area contributed by atoms with Crippen LogP contribution in [-0.2, 0) is 5.88 Å². The molecule has 0 amide bonds. The van der Waals surface area contributed by atoms with Crippen LogP contribution >= 0.6 is 11.6 Å². The molecule has 0 heterocycles.